The highest BCUT2D eigenvalue weighted by atomic mass is 79.9. The zero-order valence-corrected chi connectivity index (χ0v) is 35.8. The molecule has 0 radical (unpaired) electrons. The van der Waals surface area contributed by atoms with Crippen LogP contribution < -0.4 is 20.9 Å². The van der Waals surface area contributed by atoms with Crippen LogP contribution in [-0.2, 0) is 33.8 Å². The SMILES string of the molecule is CN(Cc1cc2c(cc1Br)C(=O)N(C1CCC(=O)NC1=O)C2)C1CCN(c2ccc(C(=O)Nc3n[nH]c4ccc(Cc5cc(F)cc(F)c5)cc34)c(NC3CCOCC3)c2)CC1. The predicted octanol–water partition coefficient (Wildman–Crippen LogP) is 6.90. The van der Waals surface area contributed by atoms with Gasteiger partial charge in [-0.2, -0.15) is 5.10 Å². The van der Waals surface area contributed by atoms with Crippen LogP contribution >= 0.6 is 15.9 Å². The molecule has 5 aromatic rings. The van der Waals surface area contributed by atoms with Gasteiger partial charge in [0.15, 0.2) is 5.82 Å². The van der Waals surface area contributed by atoms with Crippen molar-refractivity contribution < 1.29 is 32.7 Å². The number of nitrogens with one attached hydrogen (secondary N) is 4. The molecule has 4 aliphatic heterocycles. The molecule has 4 aliphatic rings. The van der Waals surface area contributed by atoms with Crippen LogP contribution in [0.5, 0.6) is 0 Å². The number of ether oxygens (including phenoxy) is 1. The highest BCUT2D eigenvalue weighted by Crippen LogP contribution is 2.34. The first kappa shape index (κ1) is 41.6. The third kappa shape index (κ3) is 8.81. The maximum absolute atomic E-state index is 14.1. The molecule has 4 aromatic carbocycles. The number of carbonyl (C=O) groups excluding carboxylic acids is 4. The van der Waals surface area contributed by atoms with Crippen molar-refractivity contribution in [3.05, 3.63) is 116 Å². The van der Waals surface area contributed by atoms with Crippen molar-refractivity contribution >= 4 is 67.7 Å². The number of amides is 4. The Labute approximate surface area is 365 Å². The smallest absolute Gasteiger partial charge is 0.258 e. The maximum Gasteiger partial charge on any atom is 0.258 e. The predicted molar refractivity (Wildman–Crippen MR) is 234 cm³/mol. The summed E-state index contributed by atoms with van der Waals surface area (Å²) in [5.41, 5.74) is 6.80. The third-order valence-corrected chi connectivity index (χ3v) is 13.3. The molecule has 5 heterocycles. The quantitative estimate of drug-likeness (QED) is 0.104. The van der Waals surface area contributed by atoms with Crippen molar-refractivity contribution in [2.75, 3.05) is 48.9 Å². The second kappa shape index (κ2) is 17.6. The molecule has 0 aliphatic carbocycles. The average Bonchev–Trinajstić information content (AvgIpc) is 3.79. The normalized spacial score (nSPS) is 18.7. The monoisotopic (exact) mass is 908 g/mol. The summed E-state index contributed by atoms with van der Waals surface area (Å²) < 4.78 is 34.3. The van der Waals surface area contributed by atoms with E-state index < -0.39 is 23.6 Å². The second-order valence-corrected chi connectivity index (χ2v) is 17.6. The summed E-state index contributed by atoms with van der Waals surface area (Å²) in [6, 6.07) is 18.7. The van der Waals surface area contributed by atoms with Crippen LogP contribution in [0.15, 0.2) is 71.2 Å². The number of aromatic nitrogens is 2. The molecule has 3 saturated heterocycles. The number of halogens is 3. The number of anilines is 3. The molecule has 322 valence electrons. The van der Waals surface area contributed by atoms with Crippen LogP contribution in [0.3, 0.4) is 0 Å². The Morgan fingerprint density at radius 3 is 2.47 bits per heavy atom. The van der Waals surface area contributed by atoms with Gasteiger partial charge in [-0.05, 0) is 116 Å². The van der Waals surface area contributed by atoms with Gasteiger partial charge in [0.05, 0.1) is 11.1 Å². The Morgan fingerprint density at radius 2 is 1.71 bits per heavy atom. The summed E-state index contributed by atoms with van der Waals surface area (Å²) in [6.45, 7) is 3.94. The Morgan fingerprint density at radius 1 is 0.935 bits per heavy atom. The van der Waals surface area contributed by atoms with Gasteiger partial charge in [0.25, 0.3) is 11.8 Å². The fourth-order valence-corrected chi connectivity index (χ4v) is 9.69. The van der Waals surface area contributed by atoms with E-state index >= 15 is 0 Å². The highest BCUT2D eigenvalue weighted by Gasteiger charge is 2.39. The highest BCUT2D eigenvalue weighted by molar-refractivity contribution is 9.10. The van der Waals surface area contributed by atoms with Crippen molar-refractivity contribution in [2.45, 2.75) is 76.2 Å². The van der Waals surface area contributed by atoms with Crippen LogP contribution in [0.4, 0.5) is 26.0 Å². The van der Waals surface area contributed by atoms with E-state index in [1.54, 1.807) is 4.90 Å². The first-order valence-corrected chi connectivity index (χ1v) is 21.9. The maximum atomic E-state index is 14.1. The number of benzene rings is 4. The van der Waals surface area contributed by atoms with E-state index in [2.05, 4.69) is 71.1 Å². The minimum atomic E-state index is -0.655. The second-order valence-electron chi connectivity index (χ2n) is 16.8. The van der Waals surface area contributed by atoms with Gasteiger partial charge in [-0.15, -0.1) is 0 Å². The van der Waals surface area contributed by atoms with Crippen LogP contribution in [0.25, 0.3) is 10.9 Å². The lowest BCUT2D eigenvalue weighted by Crippen LogP contribution is -2.52. The molecule has 0 saturated carbocycles. The molecule has 1 atom stereocenters. The van der Waals surface area contributed by atoms with E-state index in [1.807, 2.05) is 36.4 Å². The molecule has 3 fully saturated rings. The van der Waals surface area contributed by atoms with Crippen LogP contribution in [0, 0.1) is 11.6 Å². The Balaban J connectivity index is 0.866. The summed E-state index contributed by atoms with van der Waals surface area (Å²) in [5, 5.41) is 17.1. The molecule has 1 unspecified atom stereocenters. The number of carbonyl (C=O) groups is 4. The standard InChI is InChI=1S/C46H47BrF2N8O5/c1-55(24-29-20-28-25-57(46(61)36(28)23-38(29)47)41-6-7-42(58)51-45(41)60)33-8-12-56(13-9-33)34-3-4-35(40(22-34)50-32-10-14-62-15-11-32)44(59)52-43-37-19-26(2-5-39(37)53-54-43)16-27-17-30(48)21-31(49)18-27/h2-5,17-23,32-33,41,50H,6-16,24-25H2,1H3,(H,51,58,60)(H2,52,53,54,59). The van der Waals surface area contributed by atoms with Gasteiger partial charge in [-0.1, -0.05) is 28.1 Å². The Bertz CT molecular complexity index is 2550. The van der Waals surface area contributed by atoms with Crippen molar-refractivity contribution in [3.8, 4) is 0 Å². The summed E-state index contributed by atoms with van der Waals surface area (Å²) in [5.74, 6) is -2.14. The van der Waals surface area contributed by atoms with Gasteiger partial charge >= 0.3 is 0 Å². The van der Waals surface area contributed by atoms with Crippen molar-refractivity contribution in [1.29, 1.82) is 0 Å². The molecule has 4 amide bonds. The molecule has 0 bridgehead atoms. The number of H-pyrrole nitrogens is 1. The molecule has 9 rings (SSSR count). The number of nitrogens with zero attached hydrogens (tertiary/aromatic N) is 4. The lowest BCUT2D eigenvalue weighted by atomic mass is 10.0. The first-order chi connectivity index (χ1) is 29.9. The molecule has 16 heteroatoms. The molecule has 4 N–H and O–H groups in total. The first-order valence-electron chi connectivity index (χ1n) is 21.1. The van der Waals surface area contributed by atoms with Gasteiger partial charge in [0, 0.05) is 90.8 Å². The zero-order valence-electron chi connectivity index (χ0n) is 34.2. The molecule has 0 spiro atoms. The molecule has 62 heavy (non-hydrogen) atoms. The van der Waals surface area contributed by atoms with Gasteiger partial charge in [-0.25, -0.2) is 8.78 Å². The van der Waals surface area contributed by atoms with Crippen molar-refractivity contribution in [3.63, 3.8) is 0 Å². The van der Waals surface area contributed by atoms with Crippen molar-refractivity contribution in [1.82, 2.24) is 25.3 Å². The third-order valence-electron chi connectivity index (χ3n) is 12.6. The van der Waals surface area contributed by atoms with E-state index in [9.17, 15) is 28.0 Å². The van der Waals surface area contributed by atoms with Crippen molar-refractivity contribution in [2.24, 2.45) is 0 Å². The lowest BCUT2D eigenvalue weighted by molar-refractivity contribution is -0.136. The number of fused-ring (bicyclic) bond motifs is 2. The number of hydrogen-bond donors (Lipinski definition) is 4. The molecule has 13 nitrogen and oxygen atoms in total. The average molecular weight is 910 g/mol. The Hall–Kier alpha value is -5.71. The summed E-state index contributed by atoms with van der Waals surface area (Å²) in [6.07, 6.45) is 4.34. The lowest BCUT2D eigenvalue weighted by Gasteiger charge is -2.38. The summed E-state index contributed by atoms with van der Waals surface area (Å²) in [7, 11) is 2.12. The number of hydrogen-bond acceptors (Lipinski definition) is 9. The van der Waals surface area contributed by atoms with Gasteiger partial charge < -0.3 is 25.2 Å². The number of rotatable bonds is 11. The minimum absolute atomic E-state index is 0.142. The molecular formula is C46H47BrF2N8O5. The van der Waals surface area contributed by atoms with Gasteiger partial charge in [0.1, 0.15) is 17.7 Å². The van der Waals surface area contributed by atoms with Crippen LogP contribution in [-0.4, -0.2) is 95.1 Å². The number of imide groups is 1. The van der Waals surface area contributed by atoms with E-state index in [1.165, 1.54) is 12.1 Å². The van der Waals surface area contributed by atoms with E-state index in [-0.39, 0.29) is 30.2 Å². The topological polar surface area (TPSA) is 152 Å². The van der Waals surface area contributed by atoms with E-state index in [4.69, 9.17) is 4.74 Å². The summed E-state index contributed by atoms with van der Waals surface area (Å²) in [4.78, 5) is 57.9. The minimum Gasteiger partial charge on any atom is -0.381 e. The van der Waals surface area contributed by atoms with Gasteiger partial charge in [0.2, 0.25) is 11.8 Å². The zero-order chi connectivity index (χ0) is 43.1. The van der Waals surface area contributed by atoms with Crippen LogP contribution in [0.1, 0.15) is 81.5 Å². The fourth-order valence-electron chi connectivity index (χ4n) is 9.22. The van der Waals surface area contributed by atoms with E-state index in [0.717, 1.165) is 77.4 Å². The number of piperidine rings is 2. The molecule has 1 aromatic heterocycles. The van der Waals surface area contributed by atoms with Gasteiger partial charge in [-0.3, -0.25) is 34.5 Å². The number of aromatic amines is 1. The fraction of sp³-hybridized carbons (Fsp3) is 0.370. The Kier molecular flexibility index (Phi) is 11.8. The van der Waals surface area contributed by atoms with E-state index in [0.29, 0.717) is 78.6 Å². The molecular weight excluding hydrogens is 862 g/mol. The summed E-state index contributed by atoms with van der Waals surface area (Å²) >= 11 is 3.71. The van der Waals surface area contributed by atoms with Crippen LogP contribution in [0.2, 0.25) is 0 Å². The largest absolute Gasteiger partial charge is 0.381 e.